The maximum absolute atomic E-state index is 5.96. The van der Waals surface area contributed by atoms with Crippen molar-refractivity contribution in [2.24, 2.45) is 11.8 Å². The van der Waals surface area contributed by atoms with E-state index in [1.807, 2.05) is 12.1 Å². The first-order valence-corrected chi connectivity index (χ1v) is 6.74. The van der Waals surface area contributed by atoms with Crippen molar-refractivity contribution < 1.29 is 0 Å². The minimum Gasteiger partial charge on any atom is -0.0843 e. The quantitative estimate of drug-likeness (QED) is 0.655. The summed E-state index contributed by atoms with van der Waals surface area (Å²) in [4.78, 5) is 0. The number of halogens is 1. The molecule has 0 nitrogen and oxygen atoms in total. The minimum atomic E-state index is 0.569. The Kier molecular flexibility index (Phi) is 2.84. The van der Waals surface area contributed by atoms with Crippen LogP contribution in [-0.2, 0) is 0 Å². The number of benzene rings is 1. The fourth-order valence-electron chi connectivity index (χ4n) is 3.16. The van der Waals surface area contributed by atoms with Crippen LogP contribution in [0.2, 0.25) is 5.02 Å². The minimum absolute atomic E-state index is 0.569. The van der Waals surface area contributed by atoms with E-state index in [0.29, 0.717) is 5.92 Å². The number of rotatable bonds is 1. The number of allylic oxidation sites excluding steroid dienone is 4. The molecule has 0 aromatic heterocycles. The molecule has 0 heterocycles. The molecular weight excluding hydrogens is 228 g/mol. The third-order valence-electron chi connectivity index (χ3n) is 4.31. The Balaban J connectivity index is 1.91. The molecule has 0 spiro atoms. The van der Waals surface area contributed by atoms with E-state index in [-0.39, 0.29) is 0 Å². The van der Waals surface area contributed by atoms with Gasteiger partial charge in [-0.2, -0.15) is 0 Å². The summed E-state index contributed by atoms with van der Waals surface area (Å²) in [5.74, 6) is 2.16. The van der Waals surface area contributed by atoms with Crippen LogP contribution in [0.25, 0.3) is 0 Å². The largest absolute Gasteiger partial charge is 0.0843 e. The van der Waals surface area contributed by atoms with Gasteiger partial charge in [0.1, 0.15) is 0 Å². The summed E-state index contributed by atoms with van der Waals surface area (Å²) in [6, 6.07) is 8.36. The van der Waals surface area contributed by atoms with E-state index in [2.05, 4.69) is 37.3 Å². The molecule has 1 heteroatoms. The number of hydrogen-bond acceptors (Lipinski definition) is 0. The van der Waals surface area contributed by atoms with Crippen LogP contribution >= 0.6 is 11.6 Å². The smallest absolute Gasteiger partial charge is 0.0406 e. The predicted molar refractivity (Wildman–Crippen MR) is 73.3 cm³/mol. The second-order valence-corrected chi connectivity index (χ2v) is 5.66. The molecular formula is C16H17Cl. The predicted octanol–water partition coefficient (Wildman–Crippen LogP) is 4.97. The van der Waals surface area contributed by atoms with E-state index in [1.54, 1.807) is 5.57 Å². The highest BCUT2D eigenvalue weighted by Gasteiger charge is 2.37. The number of hydrogen-bond donors (Lipinski definition) is 0. The molecule has 0 saturated heterocycles. The molecule has 0 aliphatic heterocycles. The van der Waals surface area contributed by atoms with Crippen LogP contribution in [0, 0.1) is 11.8 Å². The van der Waals surface area contributed by atoms with Crippen LogP contribution in [0.5, 0.6) is 0 Å². The Morgan fingerprint density at radius 2 is 1.88 bits per heavy atom. The van der Waals surface area contributed by atoms with E-state index in [9.17, 15) is 0 Å². The first-order chi connectivity index (χ1) is 8.25. The number of fused-ring (bicyclic) bond motifs is 1. The van der Waals surface area contributed by atoms with Gasteiger partial charge in [-0.1, -0.05) is 47.5 Å². The van der Waals surface area contributed by atoms with Crippen LogP contribution in [0.1, 0.15) is 31.2 Å². The summed E-state index contributed by atoms with van der Waals surface area (Å²) in [6.45, 7) is 2.27. The van der Waals surface area contributed by atoms with Crippen LogP contribution in [0.3, 0.4) is 0 Å². The molecule has 3 atom stereocenters. The van der Waals surface area contributed by atoms with Gasteiger partial charge in [-0.05, 0) is 49.3 Å². The van der Waals surface area contributed by atoms with Crippen molar-refractivity contribution in [3.8, 4) is 0 Å². The summed E-state index contributed by atoms with van der Waals surface area (Å²) in [5, 5.41) is 0.825. The van der Waals surface area contributed by atoms with E-state index < -0.39 is 0 Å². The molecule has 1 aromatic carbocycles. The summed E-state index contributed by atoms with van der Waals surface area (Å²) in [5.41, 5.74) is 2.96. The standard InChI is InChI=1S/C16H17Cl/c1-11-3-2-4-15(16-10-9-14(11)16)12-5-7-13(17)8-6-12/h2-8,14-16H,9-10H2,1H3. The topological polar surface area (TPSA) is 0 Å². The van der Waals surface area contributed by atoms with Crippen LogP contribution < -0.4 is 0 Å². The highest BCUT2D eigenvalue weighted by atomic mass is 35.5. The molecule has 1 fully saturated rings. The average molecular weight is 245 g/mol. The maximum Gasteiger partial charge on any atom is 0.0406 e. The molecule has 0 radical (unpaired) electrons. The lowest BCUT2D eigenvalue weighted by atomic mass is 9.63. The Hall–Kier alpha value is -1.01. The SMILES string of the molecule is CC1=CC=CC(c2ccc(Cl)cc2)C2CCC12. The molecule has 1 aromatic rings. The Morgan fingerprint density at radius 3 is 2.53 bits per heavy atom. The molecule has 0 bridgehead atoms. The fraction of sp³-hybridized carbons (Fsp3) is 0.375. The molecule has 88 valence electrons. The molecule has 1 saturated carbocycles. The van der Waals surface area contributed by atoms with E-state index in [1.165, 1.54) is 18.4 Å². The van der Waals surface area contributed by atoms with Gasteiger partial charge >= 0.3 is 0 Å². The van der Waals surface area contributed by atoms with Crippen molar-refractivity contribution in [3.63, 3.8) is 0 Å². The first-order valence-electron chi connectivity index (χ1n) is 6.36. The van der Waals surface area contributed by atoms with E-state index in [4.69, 9.17) is 11.6 Å². The van der Waals surface area contributed by atoms with Gasteiger partial charge in [0.05, 0.1) is 0 Å². The first kappa shape index (κ1) is 11.1. The molecule has 3 unspecified atom stereocenters. The van der Waals surface area contributed by atoms with Gasteiger partial charge in [0.15, 0.2) is 0 Å². The van der Waals surface area contributed by atoms with Gasteiger partial charge in [0, 0.05) is 10.9 Å². The van der Waals surface area contributed by atoms with Gasteiger partial charge in [0.25, 0.3) is 0 Å². The van der Waals surface area contributed by atoms with Crippen molar-refractivity contribution in [1.29, 1.82) is 0 Å². The third-order valence-corrected chi connectivity index (χ3v) is 4.56. The molecule has 0 amide bonds. The molecule has 2 aliphatic carbocycles. The highest BCUT2D eigenvalue weighted by Crippen LogP contribution is 2.49. The van der Waals surface area contributed by atoms with Gasteiger partial charge < -0.3 is 0 Å². The lowest BCUT2D eigenvalue weighted by Gasteiger charge is -2.41. The van der Waals surface area contributed by atoms with Crippen LogP contribution in [0.4, 0.5) is 0 Å². The van der Waals surface area contributed by atoms with Crippen LogP contribution in [0.15, 0.2) is 48.1 Å². The molecule has 3 rings (SSSR count). The average Bonchev–Trinajstić information content (AvgIpc) is 2.36. The summed E-state index contributed by atoms with van der Waals surface area (Å²) >= 11 is 5.96. The Bertz CT molecular complexity index is 467. The Morgan fingerprint density at radius 1 is 1.12 bits per heavy atom. The summed E-state index contributed by atoms with van der Waals surface area (Å²) in [6.07, 6.45) is 9.59. The van der Waals surface area contributed by atoms with Crippen molar-refractivity contribution in [2.75, 3.05) is 0 Å². The lowest BCUT2D eigenvalue weighted by molar-refractivity contribution is 0.195. The second kappa shape index (κ2) is 4.34. The van der Waals surface area contributed by atoms with Gasteiger partial charge in [-0.15, -0.1) is 0 Å². The molecule has 17 heavy (non-hydrogen) atoms. The van der Waals surface area contributed by atoms with Gasteiger partial charge in [0.2, 0.25) is 0 Å². The zero-order valence-corrected chi connectivity index (χ0v) is 10.8. The highest BCUT2D eigenvalue weighted by molar-refractivity contribution is 6.30. The normalized spacial score (nSPS) is 31.2. The van der Waals surface area contributed by atoms with Crippen molar-refractivity contribution in [3.05, 3.63) is 58.7 Å². The lowest BCUT2D eigenvalue weighted by Crippen LogP contribution is -2.30. The van der Waals surface area contributed by atoms with Crippen molar-refractivity contribution >= 4 is 11.6 Å². The van der Waals surface area contributed by atoms with Gasteiger partial charge in [-0.3, -0.25) is 0 Å². The molecule has 2 aliphatic rings. The van der Waals surface area contributed by atoms with Crippen molar-refractivity contribution in [2.45, 2.75) is 25.7 Å². The molecule has 0 N–H and O–H groups in total. The van der Waals surface area contributed by atoms with Gasteiger partial charge in [-0.25, -0.2) is 0 Å². The van der Waals surface area contributed by atoms with Crippen LogP contribution in [-0.4, -0.2) is 0 Å². The van der Waals surface area contributed by atoms with E-state index >= 15 is 0 Å². The second-order valence-electron chi connectivity index (χ2n) is 5.22. The fourth-order valence-corrected chi connectivity index (χ4v) is 3.28. The summed E-state index contributed by atoms with van der Waals surface area (Å²) < 4.78 is 0. The third kappa shape index (κ3) is 1.95. The van der Waals surface area contributed by atoms with E-state index in [0.717, 1.165) is 16.9 Å². The van der Waals surface area contributed by atoms with Crippen molar-refractivity contribution in [1.82, 2.24) is 0 Å². The Labute approximate surface area is 108 Å². The zero-order valence-electron chi connectivity index (χ0n) is 10.1. The monoisotopic (exact) mass is 244 g/mol. The summed E-state index contributed by atoms with van der Waals surface area (Å²) in [7, 11) is 0. The maximum atomic E-state index is 5.96. The zero-order chi connectivity index (χ0) is 11.8.